The van der Waals surface area contributed by atoms with E-state index in [1.54, 1.807) is 0 Å². The van der Waals surface area contributed by atoms with Gasteiger partial charge in [-0.15, -0.1) is 0 Å². The van der Waals surface area contributed by atoms with Gasteiger partial charge in [-0.1, -0.05) is 35.9 Å². The van der Waals surface area contributed by atoms with Gasteiger partial charge in [0.1, 0.15) is 12.4 Å². The summed E-state index contributed by atoms with van der Waals surface area (Å²) in [6, 6.07) is 18.0. The van der Waals surface area contributed by atoms with Gasteiger partial charge in [0.25, 0.3) is 0 Å². The summed E-state index contributed by atoms with van der Waals surface area (Å²) in [5.41, 5.74) is 2.20. The van der Waals surface area contributed by atoms with Gasteiger partial charge in [-0.3, -0.25) is 0 Å². The van der Waals surface area contributed by atoms with Crippen LogP contribution in [0.3, 0.4) is 0 Å². The van der Waals surface area contributed by atoms with Crippen LogP contribution < -0.4 is 15.4 Å². The van der Waals surface area contributed by atoms with Crippen molar-refractivity contribution in [3.05, 3.63) is 60.2 Å². The fraction of sp³-hybridized carbons (Fsp3) is 0.235. The van der Waals surface area contributed by atoms with E-state index < -0.39 is 0 Å². The van der Waals surface area contributed by atoms with E-state index >= 15 is 0 Å². The molecule has 4 heteroatoms. The number of thiocarbonyl (C=S) groups is 1. The van der Waals surface area contributed by atoms with Gasteiger partial charge in [0.05, 0.1) is 6.04 Å². The van der Waals surface area contributed by atoms with Crippen molar-refractivity contribution in [3.63, 3.8) is 0 Å². The van der Waals surface area contributed by atoms with E-state index in [1.807, 2.05) is 61.5 Å². The van der Waals surface area contributed by atoms with Crippen molar-refractivity contribution in [1.29, 1.82) is 0 Å². The molecule has 0 aliphatic carbocycles. The molecule has 0 aliphatic heterocycles. The highest BCUT2D eigenvalue weighted by molar-refractivity contribution is 7.80. The number of anilines is 1. The number of benzene rings is 2. The van der Waals surface area contributed by atoms with Crippen LogP contribution in [0, 0.1) is 6.92 Å². The summed E-state index contributed by atoms with van der Waals surface area (Å²) < 4.78 is 5.72. The standard InChI is InChI=1S/C17H20N2OS/c1-13-8-10-16(11-9-13)20-12-14(2)18-17(21)19-15-6-4-3-5-7-15/h3-11,14H,12H2,1-2H3,(H2,18,19,21)/t14-/m0/s1. The molecule has 0 aromatic heterocycles. The summed E-state index contributed by atoms with van der Waals surface area (Å²) in [4.78, 5) is 0. The van der Waals surface area contributed by atoms with Crippen molar-refractivity contribution in [2.24, 2.45) is 0 Å². The Balaban J connectivity index is 1.75. The van der Waals surface area contributed by atoms with Crippen molar-refractivity contribution in [1.82, 2.24) is 5.32 Å². The van der Waals surface area contributed by atoms with Gasteiger partial charge in [0.2, 0.25) is 0 Å². The van der Waals surface area contributed by atoms with Crippen molar-refractivity contribution >= 4 is 23.0 Å². The molecule has 0 radical (unpaired) electrons. The largest absolute Gasteiger partial charge is 0.491 e. The highest BCUT2D eigenvalue weighted by Gasteiger charge is 2.05. The third-order valence-corrected chi connectivity index (χ3v) is 3.15. The second-order valence-corrected chi connectivity index (χ2v) is 5.40. The van der Waals surface area contributed by atoms with Crippen molar-refractivity contribution in [2.45, 2.75) is 19.9 Å². The van der Waals surface area contributed by atoms with Crippen LogP contribution in [0.2, 0.25) is 0 Å². The maximum Gasteiger partial charge on any atom is 0.171 e. The Hall–Kier alpha value is -2.07. The Bertz CT molecular complexity index is 569. The normalized spacial score (nSPS) is 11.5. The Morgan fingerprint density at radius 1 is 1.10 bits per heavy atom. The third-order valence-electron chi connectivity index (χ3n) is 2.93. The van der Waals surface area contributed by atoms with E-state index in [-0.39, 0.29) is 6.04 Å². The molecule has 0 spiro atoms. The van der Waals surface area contributed by atoms with Crippen molar-refractivity contribution in [2.75, 3.05) is 11.9 Å². The van der Waals surface area contributed by atoms with Crippen molar-refractivity contribution in [3.8, 4) is 5.75 Å². The minimum absolute atomic E-state index is 0.120. The number of ether oxygens (including phenoxy) is 1. The van der Waals surface area contributed by atoms with Crippen molar-refractivity contribution < 1.29 is 4.74 Å². The molecule has 0 bridgehead atoms. The van der Waals surface area contributed by atoms with Gasteiger partial charge in [-0.25, -0.2) is 0 Å². The predicted octanol–water partition coefficient (Wildman–Crippen LogP) is 3.75. The molecule has 2 N–H and O–H groups in total. The van der Waals surface area contributed by atoms with Crippen LogP contribution in [0.15, 0.2) is 54.6 Å². The Morgan fingerprint density at radius 3 is 2.43 bits per heavy atom. The molecule has 0 fully saturated rings. The average molecular weight is 300 g/mol. The minimum Gasteiger partial charge on any atom is -0.491 e. The second kappa shape index (κ2) is 7.64. The number of aryl methyl sites for hydroxylation is 1. The Morgan fingerprint density at radius 2 is 1.76 bits per heavy atom. The fourth-order valence-corrected chi connectivity index (χ4v) is 2.13. The summed E-state index contributed by atoms with van der Waals surface area (Å²) >= 11 is 5.28. The number of hydrogen-bond donors (Lipinski definition) is 2. The van der Waals surface area contributed by atoms with Gasteiger partial charge in [-0.05, 0) is 50.3 Å². The quantitative estimate of drug-likeness (QED) is 0.824. The second-order valence-electron chi connectivity index (χ2n) is 4.99. The lowest BCUT2D eigenvalue weighted by Gasteiger charge is -2.17. The zero-order valence-corrected chi connectivity index (χ0v) is 13.1. The van der Waals surface area contributed by atoms with Crippen LogP contribution >= 0.6 is 12.2 Å². The molecule has 1 atom stereocenters. The van der Waals surface area contributed by atoms with E-state index in [4.69, 9.17) is 17.0 Å². The lowest BCUT2D eigenvalue weighted by molar-refractivity contribution is 0.287. The SMILES string of the molecule is Cc1ccc(OC[C@H](C)NC(=S)Nc2ccccc2)cc1. The van der Waals surface area contributed by atoms with E-state index in [2.05, 4.69) is 17.6 Å². The Labute approximate surface area is 131 Å². The zero-order chi connectivity index (χ0) is 15.1. The van der Waals surface area contributed by atoms with Gasteiger partial charge < -0.3 is 15.4 Å². The van der Waals surface area contributed by atoms with Gasteiger partial charge in [-0.2, -0.15) is 0 Å². The molecule has 2 rings (SSSR count). The van der Waals surface area contributed by atoms with Gasteiger partial charge in [0.15, 0.2) is 5.11 Å². The van der Waals surface area contributed by atoms with Crippen LogP contribution in [-0.2, 0) is 0 Å². The maximum atomic E-state index is 5.72. The van der Waals surface area contributed by atoms with Crippen LogP contribution in [0.1, 0.15) is 12.5 Å². The molecule has 21 heavy (non-hydrogen) atoms. The zero-order valence-electron chi connectivity index (χ0n) is 12.3. The van der Waals surface area contributed by atoms with Crippen LogP contribution in [0.5, 0.6) is 5.75 Å². The number of para-hydroxylation sites is 1. The molecule has 0 saturated carbocycles. The number of hydrogen-bond acceptors (Lipinski definition) is 2. The average Bonchev–Trinajstić information content (AvgIpc) is 2.47. The topological polar surface area (TPSA) is 33.3 Å². The smallest absolute Gasteiger partial charge is 0.171 e. The molecule has 0 unspecified atom stereocenters. The Kier molecular flexibility index (Phi) is 5.58. The first-order valence-corrected chi connectivity index (χ1v) is 7.36. The summed E-state index contributed by atoms with van der Waals surface area (Å²) in [5, 5.41) is 6.95. The predicted molar refractivity (Wildman–Crippen MR) is 91.9 cm³/mol. The summed E-state index contributed by atoms with van der Waals surface area (Å²) in [5.74, 6) is 0.871. The van der Waals surface area contributed by atoms with Crippen LogP contribution in [0.4, 0.5) is 5.69 Å². The molecule has 0 heterocycles. The summed E-state index contributed by atoms with van der Waals surface area (Å²) in [6.07, 6.45) is 0. The molecule has 0 aliphatic rings. The maximum absolute atomic E-state index is 5.72. The first-order chi connectivity index (χ1) is 10.1. The van der Waals surface area contributed by atoms with Crippen LogP contribution in [0.25, 0.3) is 0 Å². The minimum atomic E-state index is 0.120. The first kappa shape index (κ1) is 15.3. The lowest BCUT2D eigenvalue weighted by Crippen LogP contribution is -2.39. The molecule has 0 amide bonds. The molecule has 3 nitrogen and oxygen atoms in total. The summed E-state index contributed by atoms with van der Waals surface area (Å²) in [7, 11) is 0. The molecule has 110 valence electrons. The van der Waals surface area contributed by atoms with E-state index in [0.717, 1.165) is 11.4 Å². The first-order valence-electron chi connectivity index (χ1n) is 6.95. The fourth-order valence-electron chi connectivity index (χ4n) is 1.81. The lowest BCUT2D eigenvalue weighted by atomic mass is 10.2. The van der Waals surface area contributed by atoms with E-state index in [0.29, 0.717) is 11.7 Å². The number of nitrogens with one attached hydrogen (secondary N) is 2. The monoisotopic (exact) mass is 300 g/mol. The van der Waals surface area contributed by atoms with E-state index in [1.165, 1.54) is 5.56 Å². The summed E-state index contributed by atoms with van der Waals surface area (Å²) in [6.45, 7) is 4.65. The number of rotatable bonds is 5. The molecular weight excluding hydrogens is 280 g/mol. The van der Waals surface area contributed by atoms with Gasteiger partial charge >= 0.3 is 0 Å². The molecule has 0 saturated heterocycles. The molecule has 2 aromatic rings. The highest BCUT2D eigenvalue weighted by Crippen LogP contribution is 2.11. The molecule has 2 aromatic carbocycles. The van der Waals surface area contributed by atoms with Crippen LogP contribution in [-0.4, -0.2) is 17.8 Å². The van der Waals surface area contributed by atoms with E-state index in [9.17, 15) is 0 Å². The van der Waals surface area contributed by atoms with Gasteiger partial charge in [0, 0.05) is 5.69 Å². The molecular formula is C17H20N2OS. The highest BCUT2D eigenvalue weighted by atomic mass is 32.1. The third kappa shape index (κ3) is 5.44.